The SMILES string of the molecule is CCc1nc(CC)c(C)c(SCC(=O)O)n1. The molecule has 88 valence electrons. The first-order valence-electron chi connectivity index (χ1n) is 5.29. The van der Waals surface area contributed by atoms with E-state index in [2.05, 4.69) is 9.97 Å². The molecule has 0 aliphatic rings. The monoisotopic (exact) mass is 240 g/mol. The maximum atomic E-state index is 10.5. The summed E-state index contributed by atoms with van der Waals surface area (Å²) in [5.74, 6) is 0.0129. The van der Waals surface area contributed by atoms with Crippen molar-refractivity contribution in [2.75, 3.05) is 5.75 Å². The maximum absolute atomic E-state index is 10.5. The van der Waals surface area contributed by atoms with Crippen molar-refractivity contribution in [3.63, 3.8) is 0 Å². The van der Waals surface area contributed by atoms with Gasteiger partial charge in [-0.3, -0.25) is 4.79 Å². The molecule has 5 heteroatoms. The molecular weight excluding hydrogens is 224 g/mol. The normalized spacial score (nSPS) is 10.4. The molecule has 1 rings (SSSR count). The van der Waals surface area contributed by atoms with E-state index in [0.717, 1.165) is 34.9 Å². The number of aryl methyl sites for hydroxylation is 2. The minimum Gasteiger partial charge on any atom is -0.481 e. The van der Waals surface area contributed by atoms with Crippen molar-refractivity contribution < 1.29 is 9.90 Å². The Bertz CT molecular complexity index is 394. The summed E-state index contributed by atoms with van der Waals surface area (Å²) in [5, 5.41) is 9.45. The van der Waals surface area contributed by atoms with Gasteiger partial charge in [0.05, 0.1) is 5.75 Å². The third-order valence-electron chi connectivity index (χ3n) is 2.23. The minimum atomic E-state index is -0.820. The standard InChI is InChI=1S/C11H16N2O2S/c1-4-8-7(3)11(16-6-10(14)15)13-9(5-2)12-8/h4-6H2,1-3H3,(H,14,15). The predicted octanol–water partition coefficient (Wildman–Crippen LogP) is 2.09. The summed E-state index contributed by atoms with van der Waals surface area (Å²) in [7, 11) is 0. The van der Waals surface area contributed by atoms with E-state index in [1.165, 1.54) is 11.8 Å². The summed E-state index contributed by atoms with van der Waals surface area (Å²) < 4.78 is 0. The fourth-order valence-electron chi connectivity index (χ4n) is 1.36. The van der Waals surface area contributed by atoms with E-state index in [1.54, 1.807) is 0 Å². The molecule has 0 aliphatic carbocycles. The van der Waals surface area contributed by atoms with E-state index in [9.17, 15) is 4.79 Å². The zero-order valence-electron chi connectivity index (χ0n) is 9.78. The maximum Gasteiger partial charge on any atom is 0.313 e. The molecule has 1 heterocycles. The summed E-state index contributed by atoms with van der Waals surface area (Å²) in [6.45, 7) is 5.98. The second-order valence-electron chi connectivity index (χ2n) is 3.41. The van der Waals surface area contributed by atoms with Crippen LogP contribution in [0.2, 0.25) is 0 Å². The molecule has 4 nitrogen and oxygen atoms in total. The molecule has 0 radical (unpaired) electrons. The van der Waals surface area contributed by atoms with Gasteiger partial charge in [0.1, 0.15) is 10.9 Å². The lowest BCUT2D eigenvalue weighted by molar-refractivity contribution is -0.133. The Hall–Kier alpha value is -1.10. The van der Waals surface area contributed by atoms with Gasteiger partial charge in [0.2, 0.25) is 0 Å². The van der Waals surface area contributed by atoms with E-state index >= 15 is 0 Å². The van der Waals surface area contributed by atoms with E-state index in [1.807, 2.05) is 20.8 Å². The summed E-state index contributed by atoms with van der Waals surface area (Å²) in [6, 6.07) is 0. The molecule has 0 atom stereocenters. The van der Waals surface area contributed by atoms with Crippen LogP contribution < -0.4 is 0 Å². The Labute approximate surface area is 99.5 Å². The molecule has 0 aromatic carbocycles. The zero-order valence-corrected chi connectivity index (χ0v) is 10.6. The quantitative estimate of drug-likeness (QED) is 0.630. The molecule has 0 saturated heterocycles. The number of aromatic nitrogens is 2. The van der Waals surface area contributed by atoms with E-state index in [-0.39, 0.29) is 5.75 Å². The number of carboxylic acid groups (broad SMARTS) is 1. The van der Waals surface area contributed by atoms with Crippen molar-refractivity contribution in [1.82, 2.24) is 9.97 Å². The average molecular weight is 240 g/mol. The van der Waals surface area contributed by atoms with Gasteiger partial charge in [-0.15, -0.1) is 0 Å². The minimum absolute atomic E-state index is 0.0458. The van der Waals surface area contributed by atoms with E-state index in [0.29, 0.717) is 0 Å². The van der Waals surface area contributed by atoms with Gasteiger partial charge < -0.3 is 5.11 Å². The fraction of sp³-hybridized carbons (Fsp3) is 0.545. The molecule has 0 saturated carbocycles. The number of hydrogen-bond acceptors (Lipinski definition) is 4. The first-order valence-corrected chi connectivity index (χ1v) is 6.28. The average Bonchev–Trinajstić information content (AvgIpc) is 2.27. The number of rotatable bonds is 5. The molecule has 0 unspecified atom stereocenters. The second kappa shape index (κ2) is 5.84. The van der Waals surface area contributed by atoms with Crippen molar-refractivity contribution in [3.8, 4) is 0 Å². The Balaban J connectivity index is 3.01. The Morgan fingerprint density at radius 3 is 2.50 bits per heavy atom. The van der Waals surface area contributed by atoms with Crippen LogP contribution in [0.3, 0.4) is 0 Å². The molecule has 1 N–H and O–H groups in total. The summed E-state index contributed by atoms with van der Waals surface area (Å²) >= 11 is 1.26. The molecule has 0 spiro atoms. The molecular formula is C11H16N2O2S. The van der Waals surface area contributed by atoms with Gasteiger partial charge >= 0.3 is 5.97 Å². The summed E-state index contributed by atoms with van der Waals surface area (Å²) in [5.41, 5.74) is 2.02. The van der Waals surface area contributed by atoms with Gasteiger partial charge in [-0.1, -0.05) is 25.6 Å². The van der Waals surface area contributed by atoms with Crippen LogP contribution in [0.15, 0.2) is 5.03 Å². The molecule has 1 aromatic rings. The largest absolute Gasteiger partial charge is 0.481 e. The van der Waals surface area contributed by atoms with Crippen LogP contribution in [0.4, 0.5) is 0 Å². The van der Waals surface area contributed by atoms with Gasteiger partial charge in [0.25, 0.3) is 0 Å². The molecule has 0 aliphatic heterocycles. The van der Waals surface area contributed by atoms with Crippen LogP contribution in [0.5, 0.6) is 0 Å². The van der Waals surface area contributed by atoms with Crippen LogP contribution >= 0.6 is 11.8 Å². The first kappa shape index (κ1) is 13.0. The summed E-state index contributed by atoms with van der Waals surface area (Å²) in [6.07, 6.45) is 1.62. The molecule has 0 amide bonds. The third kappa shape index (κ3) is 3.20. The van der Waals surface area contributed by atoms with Crippen LogP contribution in [0.25, 0.3) is 0 Å². The predicted molar refractivity (Wildman–Crippen MR) is 63.9 cm³/mol. The number of aliphatic carboxylic acids is 1. The number of thioether (sulfide) groups is 1. The van der Waals surface area contributed by atoms with Crippen molar-refractivity contribution in [1.29, 1.82) is 0 Å². The Kier molecular flexibility index (Phi) is 4.73. The second-order valence-corrected chi connectivity index (χ2v) is 4.37. The smallest absolute Gasteiger partial charge is 0.313 e. The molecule has 1 aromatic heterocycles. The van der Waals surface area contributed by atoms with Gasteiger partial charge in [-0.05, 0) is 13.3 Å². The first-order chi connectivity index (χ1) is 7.58. The van der Waals surface area contributed by atoms with Gasteiger partial charge in [-0.2, -0.15) is 0 Å². The van der Waals surface area contributed by atoms with Gasteiger partial charge in [0, 0.05) is 17.7 Å². The van der Waals surface area contributed by atoms with Crippen molar-refractivity contribution >= 4 is 17.7 Å². The highest BCUT2D eigenvalue weighted by atomic mass is 32.2. The number of hydrogen-bond donors (Lipinski definition) is 1. The van der Waals surface area contributed by atoms with Crippen LogP contribution in [0.1, 0.15) is 30.9 Å². The van der Waals surface area contributed by atoms with Crippen LogP contribution in [0, 0.1) is 6.92 Å². The lowest BCUT2D eigenvalue weighted by Gasteiger charge is -2.09. The van der Waals surface area contributed by atoms with Gasteiger partial charge in [-0.25, -0.2) is 9.97 Å². The lowest BCUT2D eigenvalue weighted by atomic mass is 10.2. The highest BCUT2D eigenvalue weighted by Crippen LogP contribution is 2.22. The number of carboxylic acids is 1. The Morgan fingerprint density at radius 1 is 1.31 bits per heavy atom. The topological polar surface area (TPSA) is 63.1 Å². The number of carbonyl (C=O) groups is 1. The van der Waals surface area contributed by atoms with Gasteiger partial charge in [0.15, 0.2) is 0 Å². The highest BCUT2D eigenvalue weighted by Gasteiger charge is 2.10. The van der Waals surface area contributed by atoms with E-state index < -0.39 is 5.97 Å². The third-order valence-corrected chi connectivity index (χ3v) is 3.29. The van der Waals surface area contributed by atoms with Crippen molar-refractivity contribution in [2.24, 2.45) is 0 Å². The van der Waals surface area contributed by atoms with Crippen molar-refractivity contribution in [2.45, 2.75) is 38.6 Å². The fourth-order valence-corrected chi connectivity index (χ4v) is 2.13. The van der Waals surface area contributed by atoms with E-state index in [4.69, 9.17) is 5.11 Å². The van der Waals surface area contributed by atoms with Crippen LogP contribution in [-0.4, -0.2) is 26.8 Å². The van der Waals surface area contributed by atoms with Crippen molar-refractivity contribution in [3.05, 3.63) is 17.1 Å². The molecule has 0 bridgehead atoms. The number of nitrogens with zero attached hydrogens (tertiary/aromatic N) is 2. The Morgan fingerprint density at radius 2 is 2.00 bits per heavy atom. The van der Waals surface area contributed by atoms with Crippen LogP contribution in [-0.2, 0) is 17.6 Å². The molecule has 0 fully saturated rings. The highest BCUT2D eigenvalue weighted by molar-refractivity contribution is 7.99. The zero-order chi connectivity index (χ0) is 12.1. The lowest BCUT2D eigenvalue weighted by Crippen LogP contribution is -2.05. The molecule has 16 heavy (non-hydrogen) atoms. The summed E-state index contributed by atoms with van der Waals surface area (Å²) in [4.78, 5) is 19.3.